The Morgan fingerprint density at radius 2 is 2.29 bits per heavy atom. The molecule has 94 valence electrons. The van der Waals surface area contributed by atoms with Crippen LogP contribution in [-0.2, 0) is 0 Å². The Balaban J connectivity index is 2.17. The third kappa shape index (κ3) is 2.60. The highest BCUT2D eigenvalue weighted by Crippen LogP contribution is 2.29. The first kappa shape index (κ1) is 12.4. The molecule has 1 aromatic carbocycles. The number of nitrogens with zero attached hydrogens (tertiary/aromatic N) is 1. The molecular weight excluding hydrogens is 215 g/mol. The molecule has 2 N–H and O–H groups in total. The molecule has 3 heteroatoms. The summed E-state index contributed by atoms with van der Waals surface area (Å²) in [6.07, 6.45) is 2.35. The molecule has 1 saturated heterocycles. The van der Waals surface area contributed by atoms with E-state index in [1.54, 1.807) is 6.07 Å². The van der Waals surface area contributed by atoms with Crippen LogP contribution in [0.1, 0.15) is 38.3 Å². The van der Waals surface area contributed by atoms with E-state index in [0.29, 0.717) is 5.92 Å². The average Bonchev–Trinajstić information content (AvgIpc) is 2.77. The van der Waals surface area contributed by atoms with Gasteiger partial charge in [0, 0.05) is 19.1 Å². The molecule has 17 heavy (non-hydrogen) atoms. The molecule has 1 heterocycles. The maximum Gasteiger partial charge on any atom is 0.146 e. The maximum atomic E-state index is 14.0. The Morgan fingerprint density at radius 1 is 1.53 bits per heavy atom. The topological polar surface area (TPSA) is 29.3 Å². The van der Waals surface area contributed by atoms with Gasteiger partial charge in [-0.1, -0.05) is 19.4 Å². The monoisotopic (exact) mass is 236 g/mol. The van der Waals surface area contributed by atoms with Gasteiger partial charge in [0.25, 0.3) is 0 Å². The van der Waals surface area contributed by atoms with Crippen molar-refractivity contribution in [3.05, 3.63) is 29.6 Å². The van der Waals surface area contributed by atoms with Gasteiger partial charge in [0.1, 0.15) is 5.82 Å². The second-order valence-corrected chi connectivity index (χ2v) is 5.01. The van der Waals surface area contributed by atoms with E-state index in [2.05, 4.69) is 11.8 Å². The molecule has 2 nitrogen and oxygen atoms in total. The molecule has 1 aliphatic heterocycles. The molecular formula is C14H21FN2. The third-order valence-electron chi connectivity index (χ3n) is 3.70. The first-order valence-corrected chi connectivity index (χ1v) is 6.41. The Labute approximate surface area is 103 Å². The summed E-state index contributed by atoms with van der Waals surface area (Å²) in [6.45, 7) is 6.01. The van der Waals surface area contributed by atoms with Gasteiger partial charge in [-0.25, -0.2) is 4.39 Å². The fourth-order valence-corrected chi connectivity index (χ4v) is 2.45. The van der Waals surface area contributed by atoms with Crippen molar-refractivity contribution in [2.75, 3.05) is 18.0 Å². The Hall–Kier alpha value is -1.09. The lowest BCUT2D eigenvalue weighted by Crippen LogP contribution is -2.21. The predicted octanol–water partition coefficient (Wildman–Crippen LogP) is 3.08. The number of hydrogen-bond acceptors (Lipinski definition) is 2. The van der Waals surface area contributed by atoms with Crippen molar-refractivity contribution in [2.45, 2.75) is 32.7 Å². The van der Waals surface area contributed by atoms with Gasteiger partial charge in [-0.05, 0) is 37.0 Å². The predicted molar refractivity (Wildman–Crippen MR) is 69.6 cm³/mol. The smallest absolute Gasteiger partial charge is 0.146 e. The highest BCUT2D eigenvalue weighted by Gasteiger charge is 2.23. The van der Waals surface area contributed by atoms with Crippen LogP contribution in [0.25, 0.3) is 0 Å². The molecule has 1 aromatic rings. The number of halogens is 1. The number of rotatable bonds is 3. The molecule has 0 aliphatic carbocycles. The zero-order valence-corrected chi connectivity index (χ0v) is 10.6. The lowest BCUT2D eigenvalue weighted by atomic mass is 10.1. The van der Waals surface area contributed by atoms with Gasteiger partial charge in [-0.3, -0.25) is 0 Å². The normalized spacial score (nSPS) is 21.9. The number of anilines is 1. The van der Waals surface area contributed by atoms with Gasteiger partial charge in [0.2, 0.25) is 0 Å². The Bertz CT molecular complexity index is 390. The van der Waals surface area contributed by atoms with E-state index in [1.807, 2.05) is 19.1 Å². The van der Waals surface area contributed by atoms with E-state index in [0.717, 1.165) is 24.3 Å². The van der Waals surface area contributed by atoms with E-state index in [-0.39, 0.29) is 11.9 Å². The minimum Gasteiger partial charge on any atom is -0.369 e. The first-order valence-electron chi connectivity index (χ1n) is 6.41. The summed E-state index contributed by atoms with van der Waals surface area (Å²) >= 11 is 0. The molecule has 2 rings (SSSR count). The van der Waals surface area contributed by atoms with E-state index >= 15 is 0 Å². The average molecular weight is 236 g/mol. The fourth-order valence-electron chi connectivity index (χ4n) is 2.45. The van der Waals surface area contributed by atoms with Crippen LogP contribution in [0, 0.1) is 11.7 Å². The van der Waals surface area contributed by atoms with Crippen molar-refractivity contribution < 1.29 is 4.39 Å². The van der Waals surface area contributed by atoms with Crippen LogP contribution in [0.4, 0.5) is 10.1 Å². The van der Waals surface area contributed by atoms with Gasteiger partial charge in [0.15, 0.2) is 0 Å². The van der Waals surface area contributed by atoms with E-state index in [4.69, 9.17) is 5.73 Å². The van der Waals surface area contributed by atoms with Crippen molar-refractivity contribution in [3.63, 3.8) is 0 Å². The van der Waals surface area contributed by atoms with Crippen molar-refractivity contribution >= 4 is 5.69 Å². The quantitative estimate of drug-likeness (QED) is 0.874. The van der Waals surface area contributed by atoms with Crippen LogP contribution in [0.5, 0.6) is 0 Å². The summed E-state index contributed by atoms with van der Waals surface area (Å²) < 4.78 is 14.0. The van der Waals surface area contributed by atoms with Crippen molar-refractivity contribution in [1.29, 1.82) is 0 Å². The Morgan fingerprint density at radius 3 is 2.82 bits per heavy atom. The minimum atomic E-state index is -0.142. The van der Waals surface area contributed by atoms with E-state index < -0.39 is 0 Å². The van der Waals surface area contributed by atoms with Crippen molar-refractivity contribution in [2.24, 2.45) is 11.7 Å². The summed E-state index contributed by atoms with van der Waals surface area (Å²) in [5, 5.41) is 0. The number of benzene rings is 1. The number of hydrogen-bond donors (Lipinski definition) is 1. The standard InChI is InChI=1S/C14H21FN2/c1-3-11-6-7-17(9-11)14-5-4-12(10(2)16)8-13(14)15/h4-5,8,10-11H,3,6-7,9,16H2,1-2H3. The first-order chi connectivity index (χ1) is 8.11. The zero-order chi connectivity index (χ0) is 12.4. The van der Waals surface area contributed by atoms with Crippen molar-refractivity contribution in [3.8, 4) is 0 Å². The fraction of sp³-hybridized carbons (Fsp3) is 0.571. The molecule has 0 amide bonds. The SMILES string of the molecule is CCC1CCN(c2ccc(C(C)N)cc2F)C1. The lowest BCUT2D eigenvalue weighted by Gasteiger charge is -2.20. The molecule has 0 spiro atoms. The van der Waals surface area contributed by atoms with Crippen LogP contribution < -0.4 is 10.6 Å². The second-order valence-electron chi connectivity index (χ2n) is 5.01. The van der Waals surface area contributed by atoms with Crippen LogP contribution >= 0.6 is 0 Å². The molecule has 2 unspecified atom stereocenters. The summed E-state index contributed by atoms with van der Waals surface area (Å²) in [7, 11) is 0. The molecule has 2 atom stereocenters. The van der Waals surface area contributed by atoms with Gasteiger partial charge < -0.3 is 10.6 Å². The highest BCUT2D eigenvalue weighted by molar-refractivity contribution is 5.50. The number of nitrogens with two attached hydrogens (primary N) is 1. The third-order valence-corrected chi connectivity index (χ3v) is 3.70. The van der Waals surface area contributed by atoms with Crippen LogP contribution in [0.3, 0.4) is 0 Å². The molecule has 1 fully saturated rings. The van der Waals surface area contributed by atoms with E-state index in [1.165, 1.54) is 12.8 Å². The summed E-state index contributed by atoms with van der Waals surface area (Å²) in [5.74, 6) is 0.569. The van der Waals surface area contributed by atoms with Crippen molar-refractivity contribution in [1.82, 2.24) is 0 Å². The molecule has 0 radical (unpaired) electrons. The van der Waals surface area contributed by atoms with Gasteiger partial charge in [0.05, 0.1) is 5.69 Å². The van der Waals surface area contributed by atoms with Gasteiger partial charge in [-0.15, -0.1) is 0 Å². The minimum absolute atomic E-state index is 0.111. The van der Waals surface area contributed by atoms with Crippen LogP contribution in [0.2, 0.25) is 0 Å². The van der Waals surface area contributed by atoms with Crippen LogP contribution in [0.15, 0.2) is 18.2 Å². The van der Waals surface area contributed by atoms with Gasteiger partial charge in [-0.2, -0.15) is 0 Å². The summed E-state index contributed by atoms with van der Waals surface area (Å²) in [6, 6.07) is 5.26. The van der Waals surface area contributed by atoms with Gasteiger partial charge >= 0.3 is 0 Å². The Kier molecular flexibility index (Phi) is 3.67. The van der Waals surface area contributed by atoms with Crippen LogP contribution in [-0.4, -0.2) is 13.1 Å². The molecule has 0 saturated carbocycles. The maximum absolute atomic E-state index is 14.0. The summed E-state index contributed by atoms with van der Waals surface area (Å²) in [5.41, 5.74) is 7.34. The largest absolute Gasteiger partial charge is 0.369 e. The summed E-state index contributed by atoms with van der Waals surface area (Å²) in [4.78, 5) is 2.15. The molecule has 0 aromatic heterocycles. The zero-order valence-electron chi connectivity index (χ0n) is 10.6. The highest BCUT2D eigenvalue weighted by atomic mass is 19.1. The molecule has 1 aliphatic rings. The van der Waals surface area contributed by atoms with E-state index in [9.17, 15) is 4.39 Å². The second kappa shape index (κ2) is 5.05. The lowest BCUT2D eigenvalue weighted by molar-refractivity contribution is 0.566. The molecule has 0 bridgehead atoms.